The van der Waals surface area contributed by atoms with E-state index in [1.165, 1.54) is 0 Å². The maximum Gasteiger partial charge on any atom is 0.488 e. The van der Waals surface area contributed by atoms with Crippen molar-refractivity contribution < 1.29 is 10.0 Å². The first-order chi connectivity index (χ1) is 8.99. The number of allylic oxidation sites excluding steroid dienone is 6. The number of hydrogen-bond donors (Lipinski definition) is 2. The standard InChI is InChI=1S/C16H19BO2/c1-5-7-12(3)14-9-15(13(4)8-6-2)11-16(10-14)17(18)19/h5-11,18-19H,1,4H2,2-3H3/b8-6-,12-7+. The Kier molecular flexibility index (Phi) is 5.55. The molecular formula is C16H19BO2. The van der Waals surface area contributed by atoms with Crippen molar-refractivity contribution >= 4 is 23.7 Å². The molecule has 0 saturated heterocycles. The van der Waals surface area contributed by atoms with Crippen molar-refractivity contribution in [3.63, 3.8) is 0 Å². The van der Waals surface area contributed by atoms with Crippen molar-refractivity contribution in [2.45, 2.75) is 13.8 Å². The molecule has 0 bridgehead atoms. The molecule has 2 nitrogen and oxygen atoms in total. The second-order valence-electron chi connectivity index (χ2n) is 4.33. The normalized spacial score (nSPS) is 11.7. The first-order valence-electron chi connectivity index (χ1n) is 6.12. The van der Waals surface area contributed by atoms with Gasteiger partial charge in [0.25, 0.3) is 0 Å². The van der Waals surface area contributed by atoms with Gasteiger partial charge in [-0.3, -0.25) is 0 Å². The van der Waals surface area contributed by atoms with E-state index >= 15 is 0 Å². The van der Waals surface area contributed by atoms with Crippen molar-refractivity contribution in [2.75, 3.05) is 0 Å². The van der Waals surface area contributed by atoms with Crippen molar-refractivity contribution in [2.24, 2.45) is 0 Å². The Morgan fingerprint density at radius 1 is 1.21 bits per heavy atom. The third-order valence-corrected chi connectivity index (χ3v) is 2.82. The van der Waals surface area contributed by atoms with E-state index in [9.17, 15) is 10.0 Å². The fraction of sp³-hybridized carbons (Fsp3) is 0.125. The molecule has 0 aliphatic rings. The minimum absolute atomic E-state index is 0.454. The lowest BCUT2D eigenvalue weighted by Gasteiger charge is -2.10. The lowest BCUT2D eigenvalue weighted by molar-refractivity contribution is 0.426. The fourth-order valence-electron chi connectivity index (χ4n) is 1.78. The summed E-state index contributed by atoms with van der Waals surface area (Å²) in [5.74, 6) is 0. The second-order valence-corrected chi connectivity index (χ2v) is 4.33. The van der Waals surface area contributed by atoms with Crippen LogP contribution in [-0.4, -0.2) is 17.2 Å². The summed E-state index contributed by atoms with van der Waals surface area (Å²) in [5, 5.41) is 18.7. The lowest BCUT2D eigenvalue weighted by Crippen LogP contribution is -2.30. The van der Waals surface area contributed by atoms with Crippen molar-refractivity contribution in [3.8, 4) is 0 Å². The highest BCUT2D eigenvalue weighted by atomic mass is 16.4. The van der Waals surface area contributed by atoms with Crippen LogP contribution < -0.4 is 5.46 Å². The molecule has 1 rings (SSSR count). The molecule has 0 unspecified atom stereocenters. The third-order valence-electron chi connectivity index (χ3n) is 2.82. The van der Waals surface area contributed by atoms with Gasteiger partial charge in [-0.05, 0) is 47.6 Å². The van der Waals surface area contributed by atoms with Gasteiger partial charge in [0.1, 0.15) is 0 Å². The van der Waals surface area contributed by atoms with E-state index in [1.54, 1.807) is 18.2 Å². The quantitative estimate of drug-likeness (QED) is 0.626. The van der Waals surface area contributed by atoms with E-state index in [1.807, 2.05) is 38.1 Å². The molecule has 0 saturated carbocycles. The van der Waals surface area contributed by atoms with Gasteiger partial charge in [-0.15, -0.1) is 0 Å². The molecule has 0 amide bonds. The van der Waals surface area contributed by atoms with Gasteiger partial charge in [0.05, 0.1) is 0 Å². The Morgan fingerprint density at radius 2 is 1.84 bits per heavy atom. The summed E-state index contributed by atoms with van der Waals surface area (Å²) in [6, 6.07) is 5.47. The van der Waals surface area contributed by atoms with Gasteiger partial charge in [-0.25, -0.2) is 0 Å². The summed E-state index contributed by atoms with van der Waals surface area (Å²) in [6.45, 7) is 11.5. The Labute approximate surface area is 115 Å². The summed E-state index contributed by atoms with van der Waals surface area (Å²) < 4.78 is 0. The highest BCUT2D eigenvalue weighted by Crippen LogP contribution is 2.20. The molecule has 1 aromatic rings. The van der Waals surface area contributed by atoms with E-state index in [4.69, 9.17) is 0 Å². The molecule has 0 atom stereocenters. The number of benzene rings is 1. The van der Waals surface area contributed by atoms with E-state index in [0.29, 0.717) is 5.46 Å². The van der Waals surface area contributed by atoms with Crippen LogP contribution in [0.4, 0.5) is 0 Å². The zero-order valence-electron chi connectivity index (χ0n) is 11.4. The maximum absolute atomic E-state index is 9.36. The van der Waals surface area contributed by atoms with Crippen molar-refractivity contribution in [1.29, 1.82) is 0 Å². The van der Waals surface area contributed by atoms with Gasteiger partial charge in [-0.2, -0.15) is 0 Å². The molecule has 3 heteroatoms. The van der Waals surface area contributed by atoms with Crippen LogP contribution in [0.5, 0.6) is 0 Å². The first-order valence-corrected chi connectivity index (χ1v) is 6.12. The van der Waals surface area contributed by atoms with Crippen LogP contribution >= 0.6 is 0 Å². The van der Waals surface area contributed by atoms with E-state index < -0.39 is 7.12 Å². The van der Waals surface area contributed by atoms with Gasteiger partial charge in [0.15, 0.2) is 0 Å². The average molecular weight is 254 g/mol. The molecule has 0 aliphatic heterocycles. The lowest BCUT2D eigenvalue weighted by atomic mass is 9.77. The zero-order valence-corrected chi connectivity index (χ0v) is 11.4. The molecule has 19 heavy (non-hydrogen) atoms. The van der Waals surface area contributed by atoms with Gasteiger partial charge < -0.3 is 10.0 Å². The Balaban J connectivity index is 3.37. The minimum Gasteiger partial charge on any atom is -0.423 e. The average Bonchev–Trinajstić information content (AvgIpc) is 2.38. The summed E-state index contributed by atoms with van der Waals surface area (Å²) in [4.78, 5) is 0. The first kappa shape index (κ1) is 15.2. The molecule has 98 valence electrons. The topological polar surface area (TPSA) is 40.5 Å². The predicted octanol–water partition coefficient (Wildman–Crippen LogP) is 2.54. The molecule has 1 aromatic carbocycles. The van der Waals surface area contributed by atoms with Gasteiger partial charge in [0.2, 0.25) is 0 Å². The molecule has 0 radical (unpaired) electrons. The van der Waals surface area contributed by atoms with Gasteiger partial charge >= 0.3 is 7.12 Å². The molecule has 0 spiro atoms. The smallest absolute Gasteiger partial charge is 0.423 e. The van der Waals surface area contributed by atoms with Crippen LogP contribution in [0, 0.1) is 0 Å². The molecule has 2 N–H and O–H groups in total. The van der Waals surface area contributed by atoms with Gasteiger partial charge in [-0.1, -0.05) is 49.6 Å². The maximum atomic E-state index is 9.36. The Hall–Kier alpha value is -1.84. The van der Waals surface area contributed by atoms with E-state index in [2.05, 4.69) is 13.2 Å². The van der Waals surface area contributed by atoms with Crippen molar-refractivity contribution in [1.82, 2.24) is 0 Å². The summed E-state index contributed by atoms with van der Waals surface area (Å²) >= 11 is 0. The van der Waals surface area contributed by atoms with E-state index in [0.717, 1.165) is 22.3 Å². The largest absolute Gasteiger partial charge is 0.488 e. The Morgan fingerprint density at radius 3 is 2.37 bits per heavy atom. The predicted molar refractivity (Wildman–Crippen MR) is 84.0 cm³/mol. The third kappa shape index (κ3) is 4.09. The van der Waals surface area contributed by atoms with Crippen LogP contribution in [0.2, 0.25) is 0 Å². The number of hydrogen-bond acceptors (Lipinski definition) is 2. The molecule has 0 aliphatic carbocycles. The Bertz CT molecular complexity index is 540. The van der Waals surface area contributed by atoms with Gasteiger partial charge in [0, 0.05) is 0 Å². The van der Waals surface area contributed by atoms with Crippen LogP contribution in [-0.2, 0) is 0 Å². The van der Waals surface area contributed by atoms with Crippen LogP contribution in [0.25, 0.3) is 11.1 Å². The van der Waals surface area contributed by atoms with Crippen molar-refractivity contribution in [3.05, 3.63) is 66.8 Å². The van der Waals surface area contributed by atoms with Crippen LogP contribution in [0.1, 0.15) is 25.0 Å². The SMILES string of the molecule is C=C/C=C(\C)c1cc(B(O)O)cc(C(=C)/C=C\C)c1. The minimum atomic E-state index is -1.49. The summed E-state index contributed by atoms with van der Waals surface area (Å²) in [7, 11) is -1.49. The monoisotopic (exact) mass is 254 g/mol. The highest BCUT2D eigenvalue weighted by molar-refractivity contribution is 6.58. The fourth-order valence-corrected chi connectivity index (χ4v) is 1.78. The zero-order chi connectivity index (χ0) is 14.4. The van der Waals surface area contributed by atoms with E-state index in [-0.39, 0.29) is 0 Å². The molecule has 0 aromatic heterocycles. The molecule has 0 heterocycles. The van der Waals surface area contributed by atoms with Crippen LogP contribution in [0.3, 0.4) is 0 Å². The summed E-state index contributed by atoms with van der Waals surface area (Å²) in [5.41, 5.74) is 4.08. The van der Waals surface area contributed by atoms with Crippen LogP contribution in [0.15, 0.2) is 55.7 Å². The second kappa shape index (κ2) is 6.93. The highest BCUT2D eigenvalue weighted by Gasteiger charge is 2.14. The molecule has 0 fully saturated rings. The summed E-state index contributed by atoms with van der Waals surface area (Å²) in [6.07, 6.45) is 7.37. The number of rotatable bonds is 5. The molecular weight excluding hydrogens is 235 g/mol.